The van der Waals surface area contributed by atoms with Gasteiger partial charge in [0.15, 0.2) is 0 Å². The van der Waals surface area contributed by atoms with Gasteiger partial charge in [-0.1, -0.05) is 121 Å². The molecule has 194 valence electrons. The van der Waals surface area contributed by atoms with Crippen LogP contribution in [0.2, 0.25) is 0 Å². The second-order valence-corrected chi connectivity index (χ2v) is 10.7. The van der Waals surface area contributed by atoms with E-state index in [1.54, 1.807) is 0 Å². The molecule has 0 bridgehead atoms. The number of carboxylic acids is 1. The van der Waals surface area contributed by atoms with Crippen molar-refractivity contribution in [1.29, 1.82) is 0 Å². The molecule has 1 amide bonds. The maximum Gasteiger partial charge on any atom is 0.327 e. The second-order valence-electron chi connectivity index (χ2n) is 9.06. The van der Waals surface area contributed by atoms with Crippen molar-refractivity contribution >= 4 is 36.3 Å². The summed E-state index contributed by atoms with van der Waals surface area (Å²) in [5, 5.41) is 12.9. The molecular weight excluding hydrogens is 510 g/mol. The number of carbonyl (C=O) groups excluding carboxylic acids is 1. The highest BCUT2D eigenvalue weighted by atomic mass is 32.2. The number of amides is 1. The van der Waals surface area contributed by atoms with Crippen molar-refractivity contribution in [2.45, 2.75) is 17.2 Å². The zero-order valence-corrected chi connectivity index (χ0v) is 22.7. The van der Waals surface area contributed by atoms with Crippen molar-refractivity contribution in [2.24, 2.45) is 5.92 Å². The first-order valence-corrected chi connectivity index (χ1v) is 14.1. The van der Waals surface area contributed by atoms with Crippen LogP contribution < -0.4 is 5.32 Å². The SMILES string of the molecule is O=C(N[C@H](CSC(c1ccccc1)(c1ccccc1)c1ccccc1)C(=O)O)C(CS)Cc1ccccc1. The smallest absolute Gasteiger partial charge is 0.327 e. The van der Waals surface area contributed by atoms with Gasteiger partial charge in [0.25, 0.3) is 0 Å². The van der Waals surface area contributed by atoms with E-state index in [1.807, 2.05) is 84.9 Å². The fourth-order valence-corrected chi connectivity index (χ4v) is 6.43. The molecule has 2 N–H and O–H groups in total. The molecular formula is C32H31NO3S2. The highest BCUT2D eigenvalue weighted by molar-refractivity contribution is 8.00. The fourth-order valence-electron chi connectivity index (χ4n) is 4.58. The van der Waals surface area contributed by atoms with Gasteiger partial charge in [0.1, 0.15) is 6.04 Å². The molecule has 4 aromatic carbocycles. The van der Waals surface area contributed by atoms with Crippen molar-refractivity contribution < 1.29 is 14.7 Å². The number of hydrogen-bond donors (Lipinski definition) is 3. The summed E-state index contributed by atoms with van der Waals surface area (Å²) in [6.45, 7) is 0. The molecule has 6 heteroatoms. The third-order valence-electron chi connectivity index (χ3n) is 6.54. The van der Waals surface area contributed by atoms with Gasteiger partial charge < -0.3 is 10.4 Å². The summed E-state index contributed by atoms with van der Waals surface area (Å²) in [4.78, 5) is 25.6. The monoisotopic (exact) mass is 541 g/mol. The number of carboxylic acid groups (broad SMARTS) is 1. The summed E-state index contributed by atoms with van der Waals surface area (Å²) in [7, 11) is 0. The standard InChI is InChI=1S/C32H31NO3S2/c34-30(25(22-37)21-24-13-5-1-6-14-24)33-29(31(35)36)23-38-32(26-15-7-2-8-16-26,27-17-9-3-10-18-27)28-19-11-4-12-20-28/h1-20,25,29,37H,21-23H2,(H,33,34)(H,35,36)/t25?,29-/m1/s1. The number of benzene rings is 4. The summed E-state index contributed by atoms with van der Waals surface area (Å²) < 4.78 is -0.671. The van der Waals surface area contributed by atoms with Crippen LogP contribution in [-0.4, -0.2) is 34.5 Å². The summed E-state index contributed by atoms with van der Waals surface area (Å²) >= 11 is 5.90. The van der Waals surface area contributed by atoms with E-state index in [4.69, 9.17) is 0 Å². The van der Waals surface area contributed by atoms with Gasteiger partial charge >= 0.3 is 5.97 Å². The second kappa shape index (κ2) is 13.4. The van der Waals surface area contributed by atoms with E-state index < -0.39 is 22.7 Å². The molecule has 0 saturated carbocycles. The van der Waals surface area contributed by atoms with Crippen LogP contribution in [0.15, 0.2) is 121 Å². The Morgan fingerprint density at radius 2 is 1.16 bits per heavy atom. The minimum Gasteiger partial charge on any atom is -0.480 e. The lowest BCUT2D eigenvalue weighted by Gasteiger charge is -2.36. The molecule has 0 aromatic heterocycles. The Bertz CT molecular complexity index is 1210. The van der Waals surface area contributed by atoms with Crippen LogP contribution in [0.5, 0.6) is 0 Å². The normalized spacial score (nSPS) is 12.9. The molecule has 0 aliphatic carbocycles. The lowest BCUT2D eigenvalue weighted by molar-refractivity contribution is -0.141. The van der Waals surface area contributed by atoms with Crippen LogP contribution in [0.1, 0.15) is 22.3 Å². The highest BCUT2D eigenvalue weighted by Crippen LogP contribution is 2.48. The Morgan fingerprint density at radius 1 is 0.737 bits per heavy atom. The topological polar surface area (TPSA) is 66.4 Å². The molecule has 0 spiro atoms. The van der Waals surface area contributed by atoms with Gasteiger partial charge in [-0.15, -0.1) is 11.8 Å². The Hall–Kier alpha value is -3.48. The Morgan fingerprint density at radius 3 is 1.55 bits per heavy atom. The average Bonchev–Trinajstić information content (AvgIpc) is 2.97. The first-order valence-electron chi connectivity index (χ1n) is 12.5. The van der Waals surface area contributed by atoms with Gasteiger partial charge in [-0.3, -0.25) is 4.79 Å². The summed E-state index contributed by atoms with van der Waals surface area (Å²) in [6.07, 6.45) is 0.498. The quantitative estimate of drug-likeness (QED) is 0.150. The first kappa shape index (κ1) is 27.6. The maximum atomic E-state index is 13.2. The number of rotatable bonds is 12. The van der Waals surface area contributed by atoms with Gasteiger partial charge in [0, 0.05) is 11.5 Å². The van der Waals surface area contributed by atoms with E-state index in [-0.39, 0.29) is 11.7 Å². The average molecular weight is 542 g/mol. The maximum absolute atomic E-state index is 13.2. The molecule has 2 atom stereocenters. The molecule has 0 radical (unpaired) electrons. The minimum atomic E-state index is -1.07. The number of carbonyl (C=O) groups is 2. The van der Waals surface area contributed by atoms with Crippen LogP contribution in [0.4, 0.5) is 0 Å². The molecule has 4 rings (SSSR count). The molecule has 38 heavy (non-hydrogen) atoms. The van der Waals surface area contributed by atoms with E-state index in [1.165, 1.54) is 11.8 Å². The summed E-state index contributed by atoms with van der Waals surface area (Å²) in [5.74, 6) is -1.31. The lowest BCUT2D eigenvalue weighted by Crippen LogP contribution is -2.46. The van der Waals surface area contributed by atoms with E-state index >= 15 is 0 Å². The summed E-state index contributed by atoms with van der Waals surface area (Å²) in [5.41, 5.74) is 4.12. The zero-order valence-electron chi connectivity index (χ0n) is 20.9. The molecule has 4 aromatic rings. The number of thioether (sulfide) groups is 1. The van der Waals surface area contributed by atoms with Crippen molar-refractivity contribution in [2.75, 3.05) is 11.5 Å². The fraction of sp³-hybridized carbons (Fsp3) is 0.188. The molecule has 0 aliphatic rings. The van der Waals surface area contributed by atoms with Crippen LogP contribution in [0, 0.1) is 5.92 Å². The number of hydrogen-bond acceptors (Lipinski definition) is 4. The van der Waals surface area contributed by atoms with Gasteiger partial charge in [-0.2, -0.15) is 12.6 Å². The summed E-state index contributed by atoms with van der Waals surface area (Å²) in [6, 6.07) is 38.9. The van der Waals surface area contributed by atoms with Crippen LogP contribution in [0.25, 0.3) is 0 Å². The molecule has 0 fully saturated rings. The van der Waals surface area contributed by atoms with E-state index in [9.17, 15) is 14.7 Å². The predicted molar refractivity (Wildman–Crippen MR) is 159 cm³/mol. The Balaban J connectivity index is 1.64. The highest BCUT2D eigenvalue weighted by Gasteiger charge is 2.38. The molecule has 0 aliphatic heterocycles. The van der Waals surface area contributed by atoms with Crippen LogP contribution >= 0.6 is 24.4 Å². The van der Waals surface area contributed by atoms with Gasteiger partial charge in [-0.25, -0.2) is 4.79 Å². The van der Waals surface area contributed by atoms with Crippen LogP contribution in [-0.2, 0) is 20.8 Å². The first-order chi connectivity index (χ1) is 18.5. The van der Waals surface area contributed by atoms with Gasteiger partial charge in [0.2, 0.25) is 5.91 Å². The van der Waals surface area contributed by atoms with E-state index in [2.05, 4.69) is 54.3 Å². The van der Waals surface area contributed by atoms with Gasteiger partial charge in [0.05, 0.1) is 10.7 Å². The number of nitrogens with one attached hydrogen (secondary N) is 1. The van der Waals surface area contributed by atoms with E-state index in [0.717, 1.165) is 22.3 Å². The number of thiol groups is 1. The Labute approximate surface area is 233 Å². The Kier molecular flexibility index (Phi) is 9.68. The van der Waals surface area contributed by atoms with E-state index in [0.29, 0.717) is 12.2 Å². The molecule has 4 nitrogen and oxygen atoms in total. The minimum absolute atomic E-state index is 0.171. The number of aliphatic carboxylic acids is 1. The van der Waals surface area contributed by atoms with Crippen LogP contribution in [0.3, 0.4) is 0 Å². The van der Waals surface area contributed by atoms with Crippen molar-refractivity contribution in [3.8, 4) is 0 Å². The third kappa shape index (κ3) is 6.50. The lowest BCUT2D eigenvalue weighted by atomic mass is 9.84. The molecule has 0 saturated heterocycles. The van der Waals surface area contributed by atoms with Crippen molar-refractivity contribution in [3.63, 3.8) is 0 Å². The van der Waals surface area contributed by atoms with Crippen molar-refractivity contribution in [3.05, 3.63) is 144 Å². The largest absolute Gasteiger partial charge is 0.480 e. The zero-order chi connectivity index (χ0) is 26.8. The van der Waals surface area contributed by atoms with Crippen molar-refractivity contribution in [1.82, 2.24) is 5.32 Å². The predicted octanol–water partition coefficient (Wildman–Crippen LogP) is 6.07. The van der Waals surface area contributed by atoms with Gasteiger partial charge in [-0.05, 0) is 28.7 Å². The molecule has 1 unspecified atom stereocenters. The molecule has 0 heterocycles. The third-order valence-corrected chi connectivity index (χ3v) is 8.62.